The lowest BCUT2D eigenvalue weighted by molar-refractivity contribution is -0.125. The van der Waals surface area contributed by atoms with Crippen LogP contribution in [0, 0.1) is 11.8 Å². The van der Waals surface area contributed by atoms with Crippen LogP contribution in [-0.4, -0.2) is 18.9 Å². The summed E-state index contributed by atoms with van der Waals surface area (Å²) in [6.45, 7) is 4.45. The molecule has 0 bridgehead atoms. The number of rotatable bonds is 8. The van der Waals surface area contributed by atoms with E-state index in [1.807, 2.05) is 7.05 Å². The number of unbranched alkanes of at least 4 members (excludes halogenated alkanes) is 2. The van der Waals surface area contributed by atoms with Crippen molar-refractivity contribution < 1.29 is 4.79 Å². The first-order valence-electron chi connectivity index (χ1n) is 7.41. The van der Waals surface area contributed by atoms with E-state index in [1.165, 1.54) is 38.5 Å². The number of hydrogen-bond acceptors (Lipinski definition) is 2. The Kier molecular flexibility index (Phi) is 6.79. The van der Waals surface area contributed by atoms with Crippen molar-refractivity contribution in [1.29, 1.82) is 0 Å². The number of nitrogens with one attached hydrogen (secondary N) is 1. The van der Waals surface area contributed by atoms with Crippen molar-refractivity contribution in [2.75, 3.05) is 7.05 Å². The maximum absolute atomic E-state index is 12.4. The van der Waals surface area contributed by atoms with Crippen molar-refractivity contribution in [1.82, 2.24) is 5.32 Å². The summed E-state index contributed by atoms with van der Waals surface area (Å²) in [5.41, 5.74) is 0. The van der Waals surface area contributed by atoms with Crippen LogP contribution in [0.4, 0.5) is 0 Å². The van der Waals surface area contributed by atoms with E-state index in [9.17, 15) is 4.79 Å². The SMILES string of the molecule is CCCCCC(C)C(NC)C(=O)C1CCCC1. The average Bonchev–Trinajstić information content (AvgIpc) is 2.83. The van der Waals surface area contributed by atoms with Gasteiger partial charge in [-0.3, -0.25) is 4.79 Å². The Bertz CT molecular complexity index is 221. The molecular weight excluding hydrogens is 210 g/mol. The molecule has 2 atom stereocenters. The highest BCUT2D eigenvalue weighted by Gasteiger charge is 2.31. The van der Waals surface area contributed by atoms with E-state index in [2.05, 4.69) is 19.2 Å². The third-order valence-electron chi connectivity index (χ3n) is 4.21. The predicted molar refractivity (Wildman–Crippen MR) is 73.1 cm³/mol. The molecule has 0 aromatic heterocycles. The Morgan fingerprint density at radius 1 is 1.29 bits per heavy atom. The van der Waals surface area contributed by atoms with Crippen LogP contribution in [0.25, 0.3) is 0 Å². The van der Waals surface area contributed by atoms with Gasteiger partial charge in [0, 0.05) is 5.92 Å². The topological polar surface area (TPSA) is 29.1 Å². The minimum atomic E-state index is 0.0926. The molecule has 0 amide bonds. The van der Waals surface area contributed by atoms with Gasteiger partial charge in [0.1, 0.15) is 0 Å². The fraction of sp³-hybridized carbons (Fsp3) is 0.933. The molecule has 0 aromatic rings. The summed E-state index contributed by atoms with van der Waals surface area (Å²) < 4.78 is 0. The van der Waals surface area contributed by atoms with Gasteiger partial charge in [-0.1, -0.05) is 46.0 Å². The van der Waals surface area contributed by atoms with Gasteiger partial charge in [-0.2, -0.15) is 0 Å². The first-order chi connectivity index (χ1) is 8.20. The van der Waals surface area contributed by atoms with Crippen LogP contribution in [0.2, 0.25) is 0 Å². The smallest absolute Gasteiger partial charge is 0.153 e. The minimum absolute atomic E-state index is 0.0926. The Hall–Kier alpha value is -0.370. The summed E-state index contributed by atoms with van der Waals surface area (Å²) in [7, 11) is 1.94. The first-order valence-corrected chi connectivity index (χ1v) is 7.41. The van der Waals surface area contributed by atoms with Gasteiger partial charge in [-0.25, -0.2) is 0 Å². The number of carbonyl (C=O) groups excluding carboxylic acids is 1. The molecule has 1 aliphatic carbocycles. The number of Topliss-reactive ketones (excluding diaryl/α,β-unsaturated/α-hetero) is 1. The van der Waals surface area contributed by atoms with E-state index in [-0.39, 0.29) is 6.04 Å². The van der Waals surface area contributed by atoms with Crippen molar-refractivity contribution in [3.8, 4) is 0 Å². The Morgan fingerprint density at radius 2 is 1.94 bits per heavy atom. The summed E-state index contributed by atoms with van der Waals surface area (Å²) in [6.07, 6.45) is 9.73. The Labute approximate surface area is 107 Å². The van der Waals surface area contributed by atoms with Gasteiger partial charge in [-0.05, 0) is 32.2 Å². The molecule has 0 aromatic carbocycles. The minimum Gasteiger partial charge on any atom is -0.310 e. The number of hydrogen-bond donors (Lipinski definition) is 1. The molecule has 1 aliphatic rings. The van der Waals surface area contributed by atoms with Crippen LogP contribution in [0.15, 0.2) is 0 Å². The van der Waals surface area contributed by atoms with Gasteiger partial charge in [0.05, 0.1) is 6.04 Å². The van der Waals surface area contributed by atoms with Gasteiger partial charge in [-0.15, -0.1) is 0 Å². The summed E-state index contributed by atoms with van der Waals surface area (Å²) >= 11 is 0. The summed E-state index contributed by atoms with van der Waals surface area (Å²) in [5.74, 6) is 1.31. The van der Waals surface area contributed by atoms with E-state index in [0.717, 1.165) is 12.8 Å². The first kappa shape index (κ1) is 14.7. The molecule has 100 valence electrons. The van der Waals surface area contributed by atoms with E-state index < -0.39 is 0 Å². The zero-order valence-corrected chi connectivity index (χ0v) is 11.8. The van der Waals surface area contributed by atoms with Crippen molar-refractivity contribution in [2.24, 2.45) is 11.8 Å². The third-order valence-corrected chi connectivity index (χ3v) is 4.21. The third kappa shape index (κ3) is 4.42. The lowest BCUT2D eigenvalue weighted by Crippen LogP contribution is -2.42. The second-order valence-electron chi connectivity index (χ2n) is 5.62. The highest BCUT2D eigenvalue weighted by Crippen LogP contribution is 2.28. The van der Waals surface area contributed by atoms with E-state index in [4.69, 9.17) is 0 Å². The van der Waals surface area contributed by atoms with Crippen LogP contribution in [0.5, 0.6) is 0 Å². The zero-order valence-electron chi connectivity index (χ0n) is 11.8. The molecule has 2 nitrogen and oxygen atoms in total. The molecule has 2 unspecified atom stereocenters. The monoisotopic (exact) mass is 239 g/mol. The number of carbonyl (C=O) groups is 1. The Balaban J connectivity index is 2.41. The van der Waals surface area contributed by atoms with Crippen molar-refractivity contribution in [2.45, 2.75) is 71.3 Å². The van der Waals surface area contributed by atoms with Gasteiger partial charge >= 0.3 is 0 Å². The number of likely N-dealkylation sites (N-methyl/N-ethyl adjacent to an activating group) is 1. The van der Waals surface area contributed by atoms with Gasteiger partial charge in [0.15, 0.2) is 5.78 Å². The van der Waals surface area contributed by atoms with Crippen LogP contribution in [-0.2, 0) is 4.79 Å². The molecule has 0 saturated heterocycles. The predicted octanol–water partition coefficient (Wildman–Crippen LogP) is 3.55. The second-order valence-corrected chi connectivity index (χ2v) is 5.62. The normalized spacial score (nSPS) is 20.4. The lowest BCUT2D eigenvalue weighted by atomic mass is 9.86. The molecule has 1 N–H and O–H groups in total. The van der Waals surface area contributed by atoms with Gasteiger partial charge in [0.2, 0.25) is 0 Å². The molecule has 17 heavy (non-hydrogen) atoms. The van der Waals surface area contributed by atoms with E-state index >= 15 is 0 Å². The molecule has 0 heterocycles. The standard InChI is InChI=1S/C15H29NO/c1-4-5-6-9-12(2)14(16-3)15(17)13-10-7-8-11-13/h12-14,16H,4-11H2,1-3H3. The molecule has 0 radical (unpaired) electrons. The molecular formula is C15H29NO. The number of ketones is 1. The van der Waals surface area contributed by atoms with Crippen molar-refractivity contribution in [3.63, 3.8) is 0 Å². The maximum Gasteiger partial charge on any atom is 0.153 e. The van der Waals surface area contributed by atoms with E-state index in [1.54, 1.807) is 0 Å². The van der Waals surface area contributed by atoms with Crippen LogP contribution < -0.4 is 5.32 Å². The van der Waals surface area contributed by atoms with E-state index in [0.29, 0.717) is 17.6 Å². The Morgan fingerprint density at radius 3 is 2.47 bits per heavy atom. The molecule has 0 spiro atoms. The van der Waals surface area contributed by atoms with Crippen LogP contribution in [0.3, 0.4) is 0 Å². The highest BCUT2D eigenvalue weighted by atomic mass is 16.1. The summed E-state index contributed by atoms with van der Waals surface area (Å²) in [6, 6.07) is 0.0926. The fourth-order valence-electron chi connectivity index (χ4n) is 3.05. The van der Waals surface area contributed by atoms with Gasteiger partial charge < -0.3 is 5.32 Å². The van der Waals surface area contributed by atoms with Crippen LogP contribution >= 0.6 is 0 Å². The largest absolute Gasteiger partial charge is 0.310 e. The zero-order chi connectivity index (χ0) is 12.7. The molecule has 1 fully saturated rings. The quantitative estimate of drug-likeness (QED) is 0.656. The summed E-state index contributed by atoms with van der Waals surface area (Å²) in [5, 5.41) is 3.26. The van der Waals surface area contributed by atoms with Crippen molar-refractivity contribution >= 4 is 5.78 Å². The highest BCUT2D eigenvalue weighted by molar-refractivity contribution is 5.86. The van der Waals surface area contributed by atoms with Gasteiger partial charge in [0.25, 0.3) is 0 Å². The molecule has 1 rings (SSSR count). The fourth-order valence-corrected chi connectivity index (χ4v) is 3.05. The average molecular weight is 239 g/mol. The lowest BCUT2D eigenvalue weighted by Gasteiger charge is -2.25. The second kappa shape index (κ2) is 7.86. The molecule has 1 saturated carbocycles. The molecule has 2 heteroatoms. The molecule has 0 aliphatic heterocycles. The van der Waals surface area contributed by atoms with Crippen LogP contribution in [0.1, 0.15) is 65.2 Å². The maximum atomic E-state index is 12.4. The van der Waals surface area contributed by atoms with Crippen molar-refractivity contribution in [3.05, 3.63) is 0 Å². The summed E-state index contributed by atoms with van der Waals surface area (Å²) in [4.78, 5) is 12.4.